The Balaban J connectivity index is 1.69. The molecule has 1 aliphatic rings. The van der Waals surface area contributed by atoms with Crippen LogP contribution in [0, 0.1) is 0 Å². The van der Waals surface area contributed by atoms with E-state index in [4.69, 9.17) is 10.5 Å². The number of carbonyl (C=O) groups is 1. The minimum absolute atomic E-state index is 0.140. The fraction of sp³-hybridized carbons (Fsp3) is 0.316. The summed E-state index contributed by atoms with van der Waals surface area (Å²) < 4.78 is 4.78. The van der Waals surface area contributed by atoms with E-state index in [-0.39, 0.29) is 12.0 Å². The fourth-order valence-corrected chi connectivity index (χ4v) is 3.27. The molecule has 0 aromatic heterocycles. The second kappa shape index (κ2) is 6.94. The summed E-state index contributed by atoms with van der Waals surface area (Å²) in [6.45, 7) is 2.59. The molecule has 0 spiro atoms. The van der Waals surface area contributed by atoms with Crippen LogP contribution in [0.15, 0.2) is 54.6 Å². The Hall–Kier alpha value is -2.17. The van der Waals surface area contributed by atoms with Crippen LogP contribution >= 0.6 is 0 Å². The predicted octanol–water partition coefficient (Wildman–Crippen LogP) is 2.40. The maximum atomic E-state index is 11.6. The molecule has 4 nitrogen and oxygen atoms in total. The van der Waals surface area contributed by atoms with E-state index in [0.717, 1.165) is 25.2 Å². The van der Waals surface area contributed by atoms with Crippen LogP contribution in [0.5, 0.6) is 0 Å². The van der Waals surface area contributed by atoms with Crippen molar-refractivity contribution in [2.45, 2.75) is 18.5 Å². The molecule has 0 unspecified atom stereocenters. The van der Waals surface area contributed by atoms with E-state index in [0.29, 0.717) is 11.5 Å². The molecule has 2 N–H and O–H groups in total. The molecule has 1 heterocycles. The van der Waals surface area contributed by atoms with Gasteiger partial charge in [0.2, 0.25) is 0 Å². The van der Waals surface area contributed by atoms with Gasteiger partial charge in [0.05, 0.1) is 12.7 Å². The van der Waals surface area contributed by atoms with E-state index in [2.05, 4.69) is 29.2 Å². The summed E-state index contributed by atoms with van der Waals surface area (Å²) in [6, 6.07) is 18.2. The van der Waals surface area contributed by atoms with E-state index >= 15 is 0 Å². The van der Waals surface area contributed by atoms with Crippen molar-refractivity contribution >= 4 is 5.97 Å². The third-order valence-corrected chi connectivity index (χ3v) is 4.42. The van der Waals surface area contributed by atoms with E-state index in [9.17, 15) is 4.79 Å². The third-order valence-electron chi connectivity index (χ3n) is 4.42. The topological polar surface area (TPSA) is 55.6 Å². The first-order valence-electron chi connectivity index (χ1n) is 7.87. The second-order valence-corrected chi connectivity index (χ2v) is 6.07. The quantitative estimate of drug-likeness (QED) is 0.881. The van der Waals surface area contributed by atoms with Gasteiger partial charge < -0.3 is 10.5 Å². The summed E-state index contributed by atoms with van der Waals surface area (Å²) in [7, 11) is 1.40. The molecule has 0 saturated carbocycles. The molecule has 4 heteroatoms. The van der Waals surface area contributed by atoms with Gasteiger partial charge in [0.1, 0.15) is 0 Å². The van der Waals surface area contributed by atoms with Gasteiger partial charge in [0.25, 0.3) is 0 Å². The van der Waals surface area contributed by atoms with Crippen molar-refractivity contribution in [1.82, 2.24) is 4.90 Å². The zero-order valence-corrected chi connectivity index (χ0v) is 13.3. The largest absolute Gasteiger partial charge is 0.465 e. The number of carbonyl (C=O) groups excluding carboxylic acids is 1. The lowest BCUT2D eigenvalue weighted by molar-refractivity contribution is 0.0600. The number of hydrogen-bond donors (Lipinski definition) is 1. The van der Waals surface area contributed by atoms with Gasteiger partial charge in [0.15, 0.2) is 0 Å². The van der Waals surface area contributed by atoms with Gasteiger partial charge in [-0.3, -0.25) is 4.90 Å². The Morgan fingerprint density at radius 2 is 1.96 bits per heavy atom. The van der Waals surface area contributed by atoms with Crippen molar-refractivity contribution in [3.8, 4) is 0 Å². The van der Waals surface area contributed by atoms with Crippen LogP contribution in [-0.2, 0) is 11.3 Å². The lowest BCUT2D eigenvalue weighted by atomic mass is 9.95. The first-order chi connectivity index (χ1) is 11.2. The zero-order chi connectivity index (χ0) is 16.2. The van der Waals surface area contributed by atoms with Gasteiger partial charge in [-0.1, -0.05) is 42.5 Å². The number of nitrogens with zero attached hydrogens (tertiary/aromatic N) is 1. The van der Waals surface area contributed by atoms with E-state index in [1.54, 1.807) is 6.07 Å². The van der Waals surface area contributed by atoms with Crippen LogP contribution in [0.1, 0.15) is 27.4 Å². The molecular weight excluding hydrogens is 288 g/mol. The summed E-state index contributed by atoms with van der Waals surface area (Å²) in [6.07, 6.45) is 0. The molecule has 0 radical (unpaired) electrons. The van der Waals surface area contributed by atoms with Crippen LogP contribution in [-0.4, -0.2) is 37.1 Å². The van der Waals surface area contributed by atoms with Crippen LogP contribution in [0.25, 0.3) is 0 Å². The summed E-state index contributed by atoms with van der Waals surface area (Å²) >= 11 is 0. The number of likely N-dealkylation sites (tertiary alicyclic amines) is 1. The average molecular weight is 310 g/mol. The molecule has 2 aromatic carbocycles. The molecule has 23 heavy (non-hydrogen) atoms. The van der Waals surface area contributed by atoms with E-state index in [1.807, 2.05) is 24.3 Å². The first-order valence-corrected chi connectivity index (χ1v) is 7.87. The molecule has 0 bridgehead atoms. The molecule has 3 rings (SSSR count). The maximum absolute atomic E-state index is 11.6. The zero-order valence-electron chi connectivity index (χ0n) is 13.3. The molecule has 0 aliphatic carbocycles. The van der Waals surface area contributed by atoms with Crippen LogP contribution in [0.2, 0.25) is 0 Å². The van der Waals surface area contributed by atoms with Crippen molar-refractivity contribution < 1.29 is 9.53 Å². The van der Waals surface area contributed by atoms with Crippen LogP contribution < -0.4 is 5.73 Å². The second-order valence-electron chi connectivity index (χ2n) is 6.07. The van der Waals surface area contributed by atoms with Gasteiger partial charge >= 0.3 is 5.97 Å². The molecule has 2 aromatic rings. The Bertz CT molecular complexity index is 672. The molecule has 2 atom stereocenters. The van der Waals surface area contributed by atoms with Crippen LogP contribution in [0.4, 0.5) is 0 Å². The van der Waals surface area contributed by atoms with E-state index < -0.39 is 0 Å². The minimum Gasteiger partial charge on any atom is -0.465 e. The number of rotatable bonds is 4. The van der Waals surface area contributed by atoms with Gasteiger partial charge in [-0.25, -0.2) is 4.79 Å². The first kappa shape index (κ1) is 15.7. The molecular formula is C19H22N2O2. The Labute approximate surface area is 136 Å². The minimum atomic E-state index is -0.299. The number of ether oxygens (including phenoxy) is 1. The van der Waals surface area contributed by atoms with Crippen molar-refractivity contribution in [1.29, 1.82) is 0 Å². The number of benzene rings is 2. The lowest BCUT2D eigenvalue weighted by Crippen LogP contribution is -2.28. The number of methoxy groups -OCH3 is 1. The highest BCUT2D eigenvalue weighted by Gasteiger charge is 2.31. The molecule has 120 valence electrons. The Morgan fingerprint density at radius 1 is 1.17 bits per heavy atom. The Kier molecular flexibility index (Phi) is 4.74. The molecule has 1 saturated heterocycles. The Morgan fingerprint density at radius 3 is 2.70 bits per heavy atom. The average Bonchev–Trinajstić information content (AvgIpc) is 2.95. The van der Waals surface area contributed by atoms with Gasteiger partial charge in [-0.05, 0) is 23.3 Å². The van der Waals surface area contributed by atoms with Gasteiger partial charge in [-0.15, -0.1) is 0 Å². The van der Waals surface area contributed by atoms with E-state index in [1.165, 1.54) is 12.7 Å². The van der Waals surface area contributed by atoms with Gasteiger partial charge in [-0.2, -0.15) is 0 Å². The maximum Gasteiger partial charge on any atom is 0.337 e. The van der Waals surface area contributed by atoms with Crippen molar-refractivity contribution in [2.75, 3.05) is 20.2 Å². The van der Waals surface area contributed by atoms with Crippen molar-refractivity contribution in [3.05, 3.63) is 71.3 Å². The lowest BCUT2D eigenvalue weighted by Gasteiger charge is -2.16. The number of hydrogen-bond acceptors (Lipinski definition) is 4. The van der Waals surface area contributed by atoms with Gasteiger partial charge in [0, 0.05) is 31.6 Å². The molecule has 1 fully saturated rings. The normalized spacial score (nSPS) is 21.3. The standard InChI is InChI=1S/C19H22N2O2/c1-23-19(22)16-9-5-6-14(10-16)11-21-12-17(18(20)13-21)15-7-3-2-4-8-15/h2-10,17-18H,11-13,20H2,1H3/t17-,18+/m0/s1. The summed E-state index contributed by atoms with van der Waals surface area (Å²) in [5.74, 6) is 0.0622. The summed E-state index contributed by atoms with van der Waals surface area (Å²) in [5, 5.41) is 0. The highest BCUT2D eigenvalue weighted by Crippen LogP contribution is 2.27. The summed E-state index contributed by atoms with van der Waals surface area (Å²) in [5.41, 5.74) is 9.33. The highest BCUT2D eigenvalue weighted by atomic mass is 16.5. The van der Waals surface area contributed by atoms with Crippen molar-refractivity contribution in [2.24, 2.45) is 5.73 Å². The summed E-state index contributed by atoms with van der Waals surface area (Å²) in [4.78, 5) is 14.0. The fourth-order valence-electron chi connectivity index (χ4n) is 3.27. The van der Waals surface area contributed by atoms with Crippen LogP contribution in [0.3, 0.4) is 0 Å². The van der Waals surface area contributed by atoms with Crippen molar-refractivity contribution in [3.63, 3.8) is 0 Å². The monoisotopic (exact) mass is 310 g/mol. The smallest absolute Gasteiger partial charge is 0.337 e. The number of esters is 1. The molecule has 1 aliphatic heterocycles. The molecule has 0 amide bonds. The predicted molar refractivity (Wildman–Crippen MR) is 90.2 cm³/mol. The number of nitrogens with two attached hydrogens (primary N) is 1. The highest BCUT2D eigenvalue weighted by molar-refractivity contribution is 5.89. The SMILES string of the molecule is COC(=O)c1cccc(CN2C[C@@H](N)[C@H](c3ccccc3)C2)c1. The third kappa shape index (κ3) is 3.60.